The van der Waals surface area contributed by atoms with Crippen molar-refractivity contribution in [3.63, 3.8) is 0 Å². The minimum Gasteiger partial charge on any atom is -0.337 e. The summed E-state index contributed by atoms with van der Waals surface area (Å²) in [6, 6.07) is 19.2. The van der Waals surface area contributed by atoms with Crippen LogP contribution < -0.4 is 10.6 Å². The number of hydrogen-bond donors (Lipinski definition) is 1. The monoisotopic (exact) mass is 402 g/mol. The lowest BCUT2D eigenvalue weighted by atomic mass is 9.89. The lowest BCUT2D eigenvalue weighted by molar-refractivity contribution is 0.391. The maximum Gasteiger partial charge on any atom is 0.0737 e. The van der Waals surface area contributed by atoms with Crippen molar-refractivity contribution in [1.29, 1.82) is 0 Å². The quantitative estimate of drug-likeness (QED) is 0.467. The molecule has 0 saturated heterocycles. The fourth-order valence-electron chi connectivity index (χ4n) is 4.49. The first-order valence-electron chi connectivity index (χ1n) is 10.1. The summed E-state index contributed by atoms with van der Waals surface area (Å²) in [5.74, 6) is 0. The maximum atomic E-state index is 6.23. The van der Waals surface area contributed by atoms with E-state index in [1.165, 1.54) is 5.69 Å². The van der Waals surface area contributed by atoms with Crippen molar-refractivity contribution in [2.24, 2.45) is 5.73 Å². The molecule has 4 aromatic rings. The highest BCUT2D eigenvalue weighted by Gasteiger charge is 2.28. The van der Waals surface area contributed by atoms with E-state index in [2.05, 4.69) is 51.3 Å². The Labute approximate surface area is 175 Å². The zero-order valence-corrected chi connectivity index (χ0v) is 16.9. The number of anilines is 2. The van der Waals surface area contributed by atoms with E-state index in [9.17, 15) is 0 Å². The van der Waals surface area contributed by atoms with Gasteiger partial charge in [0.25, 0.3) is 0 Å². The number of rotatable bonds is 3. The highest BCUT2D eigenvalue weighted by Crippen LogP contribution is 2.40. The summed E-state index contributed by atoms with van der Waals surface area (Å²) in [6.07, 6.45) is 7.99. The van der Waals surface area contributed by atoms with E-state index in [1.807, 2.05) is 30.6 Å². The Bertz CT molecular complexity index is 1160. The number of nitrogens with two attached hydrogens (primary N) is 1. The third-order valence-corrected chi connectivity index (χ3v) is 6.17. The van der Waals surface area contributed by atoms with Crippen molar-refractivity contribution in [3.05, 3.63) is 72.0 Å². The van der Waals surface area contributed by atoms with Crippen molar-refractivity contribution < 1.29 is 0 Å². The Hall–Kier alpha value is -2.69. The van der Waals surface area contributed by atoms with Gasteiger partial charge in [-0.2, -0.15) is 0 Å². The number of fused-ring (bicyclic) bond motifs is 2. The van der Waals surface area contributed by atoms with Gasteiger partial charge in [-0.05, 0) is 62.1 Å². The Kier molecular flexibility index (Phi) is 4.82. The van der Waals surface area contributed by atoms with Gasteiger partial charge >= 0.3 is 0 Å². The zero-order valence-electron chi connectivity index (χ0n) is 16.1. The van der Waals surface area contributed by atoms with E-state index in [-0.39, 0.29) is 0 Å². The van der Waals surface area contributed by atoms with Crippen LogP contribution in [0.3, 0.4) is 0 Å². The molecule has 0 radical (unpaired) electrons. The molecule has 1 fully saturated rings. The van der Waals surface area contributed by atoms with Crippen molar-refractivity contribution in [2.75, 3.05) is 4.90 Å². The van der Waals surface area contributed by atoms with Crippen LogP contribution in [0, 0.1) is 0 Å². The minimum atomic E-state index is 0.301. The Balaban J connectivity index is 1.73. The molecule has 5 heteroatoms. The van der Waals surface area contributed by atoms with Crippen LogP contribution in [-0.4, -0.2) is 22.1 Å². The first kappa shape index (κ1) is 18.3. The van der Waals surface area contributed by atoms with Gasteiger partial charge in [-0.1, -0.05) is 29.8 Å². The van der Waals surface area contributed by atoms with Crippen molar-refractivity contribution in [2.45, 2.75) is 37.8 Å². The van der Waals surface area contributed by atoms with Gasteiger partial charge < -0.3 is 10.6 Å². The highest BCUT2D eigenvalue weighted by molar-refractivity contribution is 6.31. The third-order valence-electron chi connectivity index (χ3n) is 5.93. The molecule has 146 valence electrons. The van der Waals surface area contributed by atoms with Gasteiger partial charge in [0.1, 0.15) is 0 Å². The van der Waals surface area contributed by atoms with Crippen LogP contribution in [0.1, 0.15) is 25.7 Å². The van der Waals surface area contributed by atoms with Crippen LogP contribution in [0.4, 0.5) is 11.4 Å². The fourth-order valence-corrected chi connectivity index (χ4v) is 4.66. The molecular formula is C24H23ClN4. The molecule has 0 atom stereocenters. The summed E-state index contributed by atoms with van der Waals surface area (Å²) in [7, 11) is 0. The Morgan fingerprint density at radius 1 is 0.793 bits per heavy atom. The van der Waals surface area contributed by atoms with E-state index < -0.39 is 0 Å². The number of pyridine rings is 2. The molecule has 2 aromatic heterocycles. The van der Waals surface area contributed by atoms with Gasteiger partial charge in [0.15, 0.2) is 0 Å². The second-order valence-corrected chi connectivity index (χ2v) is 8.21. The minimum absolute atomic E-state index is 0.301. The summed E-state index contributed by atoms with van der Waals surface area (Å²) < 4.78 is 0. The lowest BCUT2D eigenvalue weighted by Crippen LogP contribution is -2.38. The smallest absolute Gasteiger partial charge is 0.0737 e. The summed E-state index contributed by atoms with van der Waals surface area (Å²) in [5.41, 5.74) is 10.5. The molecule has 0 spiro atoms. The van der Waals surface area contributed by atoms with Gasteiger partial charge in [0.05, 0.1) is 22.4 Å². The molecule has 1 aliphatic carbocycles. The van der Waals surface area contributed by atoms with E-state index in [4.69, 9.17) is 17.3 Å². The van der Waals surface area contributed by atoms with Gasteiger partial charge in [-0.15, -0.1) is 0 Å². The maximum absolute atomic E-state index is 6.23. The molecular weight excluding hydrogens is 380 g/mol. The molecule has 2 N–H and O–H groups in total. The molecule has 29 heavy (non-hydrogen) atoms. The number of halogens is 1. The van der Waals surface area contributed by atoms with E-state index in [1.54, 1.807) is 0 Å². The molecule has 0 bridgehead atoms. The number of para-hydroxylation sites is 1. The van der Waals surface area contributed by atoms with E-state index >= 15 is 0 Å². The number of nitrogens with zero attached hydrogens (tertiary/aromatic N) is 3. The molecule has 4 nitrogen and oxygen atoms in total. The average molecular weight is 403 g/mol. The summed E-state index contributed by atoms with van der Waals surface area (Å²) in [5, 5.41) is 2.96. The van der Waals surface area contributed by atoms with E-state index in [0.29, 0.717) is 17.1 Å². The summed E-state index contributed by atoms with van der Waals surface area (Å²) in [4.78, 5) is 11.6. The van der Waals surface area contributed by atoms with Gasteiger partial charge in [0.2, 0.25) is 0 Å². The van der Waals surface area contributed by atoms with Gasteiger partial charge in [-0.3, -0.25) is 9.97 Å². The molecule has 2 heterocycles. The topological polar surface area (TPSA) is 55.0 Å². The molecule has 1 aliphatic rings. The predicted octanol–water partition coefficient (Wildman–Crippen LogP) is 5.84. The third kappa shape index (κ3) is 3.43. The number of benzene rings is 2. The zero-order chi connectivity index (χ0) is 19.8. The van der Waals surface area contributed by atoms with Crippen molar-refractivity contribution >= 4 is 44.8 Å². The molecule has 0 unspecified atom stereocenters. The molecule has 2 aromatic carbocycles. The van der Waals surface area contributed by atoms with Crippen molar-refractivity contribution in [1.82, 2.24) is 9.97 Å². The first-order chi connectivity index (χ1) is 14.2. The number of aromatic nitrogens is 2. The van der Waals surface area contributed by atoms with Crippen LogP contribution in [0.5, 0.6) is 0 Å². The van der Waals surface area contributed by atoms with Crippen LogP contribution >= 0.6 is 11.6 Å². The van der Waals surface area contributed by atoms with Gasteiger partial charge in [0, 0.05) is 40.3 Å². The highest BCUT2D eigenvalue weighted by atomic mass is 35.5. The number of hydrogen-bond acceptors (Lipinski definition) is 4. The summed E-state index contributed by atoms with van der Waals surface area (Å²) in [6.45, 7) is 0. The largest absolute Gasteiger partial charge is 0.337 e. The van der Waals surface area contributed by atoms with E-state index in [0.717, 1.165) is 53.2 Å². The Morgan fingerprint density at radius 3 is 2.21 bits per heavy atom. The SMILES string of the molecule is NC1CCC(N(c2ccnc3ccccc23)c2ccnc3cc(Cl)ccc23)CC1. The standard InChI is InChI=1S/C24H23ClN4/c25-16-5-10-20-22(15-16)28-14-12-24(20)29(18-8-6-17(26)7-9-18)23-11-13-27-21-4-2-1-3-19(21)23/h1-5,10-15,17-18H,6-9,26H2. The molecule has 0 aliphatic heterocycles. The second kappa shape index (κ2) is 7.62. The lowest BCUT2D eigenvalue weighted by Gasteiger charge is -2.38. The second-order valence-electron chi connectivity index (χ2n) is 7.78. The molecule has 5 rings (SSSR count). The normalized spacial score (nSPS) is 19.5. The Morgan fingerprint density at radius 2 is 1.45 bits per heavy atom. The fraction of sp³-hybridized carbons (Fsp3) is 0.250. The van der Waals surface area contributed by atoms with Gasteiger partial charge in [-0.25, -0.2) is 0 Å². The summed E-state index contributed by atoms with van der Waals surface area (Å²) >= 11 is 6.23. The first-order valence-corrected chi connectivity index (χ1v) is 10.5. The van der Waals surface area contributed by atoms with Crippen LogP contribution in [0.2, 0.25) is 5.02 Å². The van der Waals surface area contributed by atoms with Crippen molar-refractivity contribution in [3.8, 4) is 0 Å². The van der Waals surface area contributed by atoms with Crippen LogP contribution in [-0.2, 0) is 0 Å². The van der Waals surface area contributed by atoms with Crippen LogP contribution in [0.15, 0.2) is 67.0 Å². The van der Waals surface area contributed by atoms with Crippen LogP contribution in [0.25, 0.3) is 21.8 Å². The molecule has 0 amide bonds. The average Bonchev–Trinajstić information content (AvgIpc) is 2.75. The predicted molar refractivity (Wildman–Crippen MR) is 121 cm³/mol. The molecule has 1 saturated carbocycles.